The number of ether oxygens (including phenoxy) is 3. The van der Waals surface area contributed by atoms with Crippen molar-refractivity contribution in [1.82, 2.24) is 15.1 Å². The number of esters is 1. The Morgan fingerprint density at radius 2 is 1.76 bits per heavy atom. The van der Waals surface area contributed by atoms with Gasteiger partial charge >= 0.3 is 5.97 Å². The lowest BCUT2D eigenvalue weighted by Gasteiger charge is -2.19. The third-order valence-corrected chi connectivity index (χ3v) is 5.92. The number of benzene rings is 2. The molecule has 0 spiro atoms. The molecule has 1 atom stereocenters. The summed E-state index contributed by atoms with van der Waals surface area (Å²) in [6, 6.07) is 8.99. The summed E-state index contributed by atoms with van der Waals surface area (Å²) in [7, 11) is 4.35. The Balaban J connectivity index is 1.88. The molecule has 0 fully saturated rings. The quantitative estimate of drug-likeness (QED) is 0.418. The third-order valence-electron chi connectivity index (χ3n) is 5.92. The van der Waals surface area contributed by atoms with E-state index in [1.807, 2.05) is 6.07 Å². The van der Waals surface area contributed by atoms with E-state index in [4.69, 9.17) is 14.2 Å². The number of hydrogen-bond donors (Lipinski definition) is 1. The van der Waals surface area contributed by atoms with Crippen LogP contribution in [-0.2, 0) is 16.0 Å². The van der Waals surface area contributed by atoms with Crippen LogP contribution in [0.25, 0.3) is 16.9 Å². The Bertz CT molecular complexity index is 1270. The molecule has 0 unspecified atom stereocenters. The lowest BCUT2D eigenvalue weighted by atomic mass is 10.0. The second kappa shape index (κ2) is 9.17. The van der Waals surface area contributed by atoms with Crippen molar-refractivity contribution in [3.8, 4) is 28.4 Å². The van der Waals surface area contributed by atoms with Crippen LogP contribution in [0, 0.1) is 11.7 Å². The number of amides is 1. The van der Waals surface area contributed by atoms with Gasteiger partial charge in [0.05, 0.1) is 27.0 Å². The SMILES string of the molecule is COC(=O)[C@@H](NC(=O)c1nn(-c2ccccc2F)c2c1Cc1cc(OC)c(OC)cc1-2)C(C)C. The van der Waals surface area contributed by atoms with Gasteiger partial charge in [0.1, 0.15) is 17.5 Å². The highest BCUT2D eigenvalue weighted by Gasteiger charge is 2.35. The molecule has 0 saturated carbocycles. The maximum Gasteiger partial charge on any atom is 0.328 e. The maximum atomic E-state index is 14.8. The summed E-state index contributed by atoms with van der Waals surface area (Å²) in [5, 5.41) is 7.23. The number of aromatic nitrogens is 2. The summed E-state index contributed by atoms with van der Waals surface area (Å²) in [5.41, 5.74) is 3.17. The van der Waals surface area contributed by atoms with E-state index in [1.54, 1.807) is 45.2 Å². The lowest BCUT2D eigenvalue weighted by molar-refractivity contribution is -0.144. The van der Waals surface area contributed by atoms with E-state index in [2.05, 4.69) is 10.4 Å². The predicted octanol–water partition coefficient (Wildman–Crippen LogP) is 3.53. The minimum Gasteiger partial charge on any atom is -0.493 e. The Labute approximate surface area is 196 Å². The second-order valence-electron chi connectivity index (χ2n) is 8.30. The summed E-state index contributed by atoms with van der Waals surface area (Å²) in [6.07, 6.45) is 0.382. The zero-order chi connectivity index (χ0) is 24.6. The average Bonchev–Trinajstić information content (AvgIpc) is 3.38. The molecule has 1 aromatic heterocycles. The Morgan fingerprint density at radius 1 is 1.09 bits per heavy atom. The van der Waals surface area contributed by atoms with Gasteiger partial charge in [0.25, 0.3) is 5.91 Å². The van der Waals surface area contributed by atoms with Crippen LogP contribution in [-0.4, -0.2) is 49.0 Å². The van der Waals surface area contributed by atoms with Crippen LogP contribution in [0.3, 0.4) is 0 Å². The van der Waals surface area contributed by atoms with Crippen LogP contribution in [0.4, 0.5) is 4.39 Å². The van der Waals surface area contributed by atoms with Crippen molar-refractivity contribution < 1.29 is 28.2 Å². The van der Waals surface area contributed by atoms with E-state index in [-0.39, 0.29) is 17.3 Å². The number of fused-ring (bicyclic) bond motifs is 3. The molecule has 2 aromatic carbocycles. The third kappa shape index (κ3) is 3.87. The molecule has 9 heteroatoms. The van der Waals surface area contributed by atoms with Crippen molar-refractivity contribution >= 4 is 11.9 Å². The van der Waals surface area contributed by atoms with Crippen molar-refractivity contribution in [2.75, 3.05) is 21.3 Å². The summed E-state index contributed by atoms with van der Waals surface area (Å²) < 4.78 is 31.9. The van der Waals surface area contributed by atoms with Gasteiger partial charge in [-0.05, 0) is 35.7 Å². The fourth-order valence-electron chi connectivity index (χ4n) is 4.19. The summed E-state index contributed by atoms with van der Waals surface area (Å²) in [6.45, 7) is 3.61. The number of nitrogens with one attached hydrogen (secondary N) is 1. The van der Waals surface area contributed by atoms with E-state index in [0.29, 0.717) is 29.2 Å². The highest BCUT2D eigenvalue weighted by Crippen LogP contribution is 2.45. The van der Waals surface area contributed by atoms with Gasteiger partial charge in [0.15, 0.2) is 17.2 Å². The van der Waals surface area contributed by atoms with Crippen LogP contribution in [0.5, 0.6) is 11.5 Å². The van der Waals surface area contributed by atoms with E-state index in [0.717, 1.165) is 11.1 Å². The van der Waals surface area contributed by atoms with Gasteiger partial charge in [0.2, 0.25) is 0 Å². The zero-order valence-electron chi connectivity index (χ0n) is 19.6. The average molecular weight is 467 g/mol. The first-order valence-corrected chi connectivity index (χ1v) is 10.8. The minimum atomic E-state index is -0.851. The molecule has 1 amide bonds. The molecule has 0 radical (unpaired) electrons. The number of nitrogens with zero attached hydrogens (tertiary/aromatic N) is 2. The fraction of sp³-hybridized carbons (Fsp3) is 0.320. The van der Waals surface area contributed by atoms with Crippen molar-refractivity contribution in [2.24, 2.45) is 5.92 Å². The smallest absolute Gasteiger partial charge is 0.328 e. The molecule has 0 bridgehead atoms. The van der Waals surface area contributed by atoms with E-state index >= 15 is 0 Å². The Kier molecular flexibility index (Phi) is 6.28. The van der Waals surface area contributed by atoms with Crippen LogP contribution < -0.4 is 14.8 Å². The van der Waals surface area contributed by atoms with Gasteiger partial charge in [-0.1, -0.05) is 26.0 Å². The molecule has 0 saturated heterocycles. The molecule has 1 aliphatic carbocycles. The molecular formula is C25H26FN3O5. The second-order valence-corrected chi connectivity index (χ2v) is 8.30. The first-order valence-electron chi connectivity index (χ1n) is 10.8. The van der Waals surface area contributed by atoms with E-state index < -0.39 is 23.7 Å². The molecular weight excluding hydrogens is 441 g/mol. The maximum absolute atomic E-state index is 14.8. The summed E-state index contributed by atoms with van der Waals surface area (Å²) in [5.74, 6) is -0.721. The number of halogens is 1. The van der Waals surface area contributed by atoms with Crippen molar-refractivity contribution in [3.05, 3.63) is 59.0 Å². The van der Waals surface area contributed by atoms with Gasteiger partial charge in [-0.25, -0.2) is 13.9 Å². The van der Waals surface area contributed by atoms with Gasteiger partial charge in [-0.15, -0.1) is 0 Å². The Morgan fingerprint density at radius 3 is 2.38 bits per heavy atom. The van der Waals surface area contributed by atoms with E-state index in [1.165, 1.54) is 25.0 Å². The molecule has 8 nitrogen and oxygen atoms in total. The van der Waals surface area contributed by atoms with Gasteiger partial charge < -0.3 is 19.5 Å². The van der Waals surface area contributed by atoms with Gasteiger partial charge in [-0.3, -0.25) is 4.79 Å². The molecule has 4 rings (SSSR count). The van der Waals surface area contributed by atoms with Crippen LogP contribution in [0.2, 0.25) is 0 Å². The topological polar surface area (TPSA) is 91.7 Å². The van der Waals surface area contributed by atoms with Crippen molar-refractivity contribution in [1.29, 1.82) is 0 Å². The minimum absolute atomic E-state index is 0.113. The molecule has 178 valence electrons. The van der Waals surface area contributed by atoms with Crippen molar-refractivity contribution in [3.63, 3.8) is 0 Å². The molecule has 3 aromatic rings. The summed E-state index contributed by atoms with van der Waals surface area (Å²) >= 11 is 0. The molecule has 0 aliphatic heterocycles. The van der Waals surface area contributed by atoms with Crippen LogP contribution >= 0.6 is 0 Å². The monoisotopic (exact) mass is 467 g/mol. The molecule has 1 heterocycles. The zero-order valence-corrected chi connectivity index (χ0v) is 19.6. The van der Waals surface area contributed by atoms with E-state index in [9.17, 15) is 14.0 Å². The van der Waals surface area contributed by atoms with Crippen LogP contribution in [0.1, 0.15) is 35.5 Å². The number of hydrogen-bond acceptors (Lipinski definition) is 6. The normalized spacial score (nSPS) is 12.7. The molecule has 34 heavy (non-hydrogen) atoms. The van der Waals surface area contributed by atoms with Gasteiger partial charge in [0, 0.05) is 17.5 Å². The number of para-hydroxylation sites is 1. The lowest BCUT2D eigenvalue weighted by Crippen LogP contribution is -2.45. The molecule has 1 N–H and O–H groups in total. The van der Waals surface area contributed by atoms with Crippen LogP contribution in [0.15, 0.2) is 36.4 Å². The summed E-state index contributed by atoms with van der Waals surface area (Å²) in [4.78, 5) is 25.5. The Hall–Kier alpha value is -3.88. The highest BCUT2D eigenvalue weighted by atomic mass is 19.1. The fourth-order valence-corrected chi connectivity index (χ4v) is 4.19. The molecule has 1 aliphatic rings. The van der Waals surface area contributed by atoms with Crippen molar-refractivity contribution in [2.45, 2.75) is 26.3 Å². The highest BCUT2D eigenvalue weighted by molar-refractivity contribution is 5.99. The first-order chi connectivity index (χ1) is 16.3. The number of carbonyl (C=O) groups is 2. The number of rotatable bonds is 7. The van der Waals surface area contributed by atoms with Gasteiger partial charge in [-0.2, -0.15) is 5.10 Å². The predicted molar refractivity (Wildman–Crippen MR) is 123 cm³/mol. The largest absolute Gasteiger partial charge is 0.493 e. The number of methoxy groups -OCH3 is 3. The first kappa shape index (κ1) is 23.3. The standard InChI is InChI=1S/C25H26FN3O5/c1-13(2)21(25(31)34-5)27-24(30)22-16-10-14-11-19(32-3)20(33-4)12-15(14)23(16)29(28-22)18-9-7-6-8-17(18)26/h6-9,11-13,21H,10H2,1-5H3,(H,27,30)/t21-/m0/s1. The number of carbonyl (C=O) groups excluding carboxylic acids is 2.